The highest BCUT2D eigenvalue weighted by molar-refractivity contribution is 8.18. The molecule has 0 aliphatic carbocycles. The van der Waals surface area contributed by atoms with Gasteiger partial charge in [-0.15, -0.1) is 0 Å². The van der Waals surface area contributed by atoms with Crippen molar-refractivity contribution in [2.75, 3.05) is 18.5 Å². The zero-order chi connectivity index (χ0) is 17.2. The minimum atomic E-state index is -0.109. The molecule has 6 heteroatoms. The second kappa shape index (κ2) is 6.72. The molecule has 0 atom stereocenters. The van der Waals surface area contributed by atoms with Crippen LogP contribution in [-0.2, 0) is 11.2 Å². The number of nitrogens with zero attached hydrogens (tertiary/aromatic N) is 3. The first kappa shape index (κ1) is 15.9. The van der Waals surface area contributed by atoms with Gasteiger partial charge in [0.1, 0.15) is 0 Å². The average Bonchev–Trinajstić information content (AvgIpc) is 2.95. The molecule has 0 unspecified atom stereocenters. The fraction of sp³-hybridized carbons (Fsp3) is 0.211. The Hall–Kier alpha value is -2.60. The van der Waals surface area contributed by atoms with Gasteiger partial charge < -0.3 is 10.2 Å². The van der Waals surface area contributed by atoms with E-state index in [2.05, 4.69) is 45.4 Å². The predicted octanol–water partition coefficient (Wildman–Crippen LogP) is 3.36. The maximum atomic E-state index is 12.2. The molecule has 0 bridgehead atoms. The summed E-state index contributed by atoms with van der Waals surface area (Å²) in [6.45, 7) is 1.10. The number of carbonyl (C=O) groups is 1. The number of pyridine rings is 1. The number of aromatic nitrogens is 1. The summed E-state index contributed by atoms with van der Waals surface area (Å²) < 4.78 is 0. The lowest BCUT2D eigenvalue weighted by Crippen LogP contribution is -2.24. The Kier molecular flexibility index (Phi) is 4.28. The molecule has 5 nitrogen and oxygen atoms in total. The molecule has 1 N–H and O–H groups in total. The number of nitrogens with one attached hydrogen (secondary N) is 1. The Bertz CT molecular complexity index is 876. The van der Waals surface area contributed by atoms with Gasteiger partial charge in [-0.1, -0.05) is 6.07 Å². The molecule has 1 fully saturated rings. The van der Waals surface area contributed by atoms with Gasteiger partial charge in [0.05, 0.1) is 16.8 Å². The van der Waals surface area contributed by atoms with Crippen molar-refractivity contribution in [3.63, 3.8) is 0 Å². The van der Waals surface area contributed by atoms with E-state index in [-0.39, 0.29) is 5.91 Å². The fourth-order valence-corrected chi connectivity index (χ4v) is 3.91. The first-order valence-electron chi connectivity index (χ1n) is 8.23. The quantitative estimate of drug-likeness (QED) is 0.844. The normalized spacial score (nSPS) is 20.0. The first-order valence-corrected chi connectivity index (χ1v) is 9.04. The van der Waals surface area contributed by atoms with Gasteiger partial charge in [0.25, 0.3) is 5.91 Å². The van der Waals surface area contributed by atoms with Crippen molar-refractivity contribution in [2.24, 2.45) is 4.99 Å². The van der Waals surface area contributed by atoms with Crippen molar-refractivity contribution in [3.8, 4) is 0 Å². The maximum Gasteiger partial charge on any atom is 0.264 e. The van der Waals surface area contributed by atoms with Crippen LogP contribution in [0.4, 0.5) is 11.4 Å². The minimum Gasteiger partial charge on any atom is -0.374 e. The van der Waals surface area contributed by atoms with Crippen molar-refractivity contribution in [1.29, 1.82) is 0 Å². The van der Waals surface area contributed by atoms with Crippen molar-refractivity contribution >= 4 is 40.3 Å². The van der Waals surface area contributed by atoms with Crippen molar-refractivity contribution in [3.05, 3.63) is 58.8 Å². The van der Waals surface area contributed by atoms with Gasteiger partial charge in [-0.3, -0.25) is 9.78 Å². The van der Waals surface area contributed by atoms with E-state index in [4.69, 9.17) is 0 Å². The smallest absolute Gasteiger partial charge is 0.264 e. The Morgan fingerprint density at radius 2 is 2.28 bits per heavy atom. The Labute approximate surface area is 150 Å². The summed E-state index contributed by atoms with van der Waals surface area (Å²) in [5.74, 6) is -0.109. The first-order chi connectivity index (χ1) is 12.2. The Morgan fingerprint density at radius 1 is 1.36 bits per heavy atom. The number of hydrogen-bond acceptors (Lipinski definition) is 5. The molecule has 3 heterocycles. The van der Waals surface area contributed by atoms with Crippen molar-refractivity contribution in [2.45, 2.75) is 12.8 Å². The molecule has 0 saturated carbocycles. The molecule has 0 radical (unpaired) electrons. The van der Waals surface area contributed by atoms with Crippen LogP contribution in [0.25, 0.3) is 6.08 Å². The summed E-state index contributed by atoms with van der Waals surface area (Å²) in [5, 5.41) is 3.40. The lowest BCUT2D eigenvalue weighted by atomic mass is 9.99. The molecule has 1 amide bonds. The average molecular weight is 350 g/mol. The fourth-order valence-electron chi connectivity index (χ4n) is 3.06. The second-order valence-electron chi connectivity index (χ2n) is 6.11. The maximum absolute atomic E-state index is 12.2. The monoisotopic (exact) mass is 350 g/mol. The molecule has 4 rings (SSSR count). The predicted molar refractivity (Wildman–Crippen MR) is 103 cm³/mol. The summed E-state index contributed by atoms with van der Waals surface area (Å²) in [6.07, 6.45) is 7.55. The molecule has 2 aliphatic rings. The van der Waals surface area contributed by atoms with E-state index in [0.717, 1.165) is 24.2 Å². The van der Waals surface area contributed by atoms with Crippen molar-refractivity contribution < 1.29 is 4.79 Å². The van der Waals surface area contributed by atoms with E-state index in [9.17, 15) is 4.79 Å². The van der Waals surface area contributed by atoms with Crippen LogP contribution in [-0.4, -0.2) is 29.7 Å². The summed E-state index contributed by atoms with van der Waals surface area (Å²) in [5.41, 5.74) is 4.41. The third-order valence-electron chi connectivity index (χ3n) is 4.28. The number of thioether (sulfide) groups is 1. The highest BCUT2D eigenvalue weighted by Gasteiger charge is 2.24. The molecule has 1 aromatic carbocycles. The third kappa shape index (κ3) is 3.44. The number of aliphatic imine (C=N–C) groups is 1. The number of carbonyl (C=O) groups excluding carboxylic acids is 1. The number of benzene rings is 1. The van der Waals surface area contributed by atoms with E-state index in [0.29, 0.717) is 10.1 Å². The zero-order valence-electron chi connectivity index (χ0n) is 13.9. The Balaban J connectivity index is 1.58. The molecule has 25 heavy (non-hydrogen) atoms. The van der Waals surface area contributed by atoms with Crippen molar-refractivity contribution in [1.82, 2.24) is 10.3 Å². The molecule has 1 saturated heterocycles. The lowest BCUT2D eigenvalue weighted by Gasteiger charge is -2.27. The number of amidine groups is 1. The van der Waals surface area contributed by atoms with Crippen LogP contribution < -0.4 is 10.2 Å². The van der Waals surface area contributed by atoms with Gasteiger partial charge in [-0.05, 0) is 66.1 Å². The number of anilines is 1. The van der Waals surface area contributed by atoms with E-state index in [1.165, 1.54) is 29.4 Å². The number of aryl methyl sites for hydroxylation is 1. The highest BCUT2D eigenvalue weighted by Crippen LogP contribution is 2.31. The molecular formula is C19H18N4OS. The second-order valence-corrected chi connectivity index (χ2v) is 7.14. The molecule has 126 valence electrons. The minimum absolute atomic E-state index is 0.109. The third-order valence-corrected chi connectivity index (χ3v) is 5.19. The SMILES string of the molecule is CN1CCCc2cc(C=C3SC(=Nc4cccnc4)NC3=O)ccc21. The van der Waals surface area contributed by atoms with E-state index in [1.807, 2.05) is 18.2 Å². The number of amides is 1. The summed E-state index contributed by atoms with van der Waals surface area (Å²) >= 11 is 1.36. The van der Waals surface area contributed by atoms with E-state index >= 15 is 0 Å². The van der Waals surface area contributed by atoms with Gasteiger partial charge in [0, 0.05) is 25.5 Å². The molecule has 2 aliphatic heterocycles. The molecule has 0 spiro atoms. The van der Waals surface area contributed by atoms with Gasteiger partial charge >= 0.3 is 0 Å². The van der Waals surface area contributed by atoms with Crippen LogP contribution in [0.15, 0.2) is 52.6 Å². The van der Waals surface area contributed by atoms with Crippen LogP contribution >= 0.6 is 11.8 Å². The van der Waals surface area contributed by atoms with Crippen LogP contribution in [0.5, 0.6) is 0 Å². The molecular weight excluding hydrogens is 332 g/mol. The number of fused-ring (bicyclic) bond motifs is 1. The number of rotatable bonds is 2. The zero-order valence-corrected chi connectivity index (χ0v) is 14.7. The molecule has 2 aromatic rings. The van der Waals surface area contributed by atoms with Gasteiger partial charge in [-0.2, -0.15) is 0 Å². The van der Waals surface area contributed by atoms with E-state index < -0.39 is 0 Å². The lowest BCUT2D eigenvalue weighted by molar-refractivity contribution is -0.115. The van der Waals surface area contributed by atoms with Crippen LogP contribution in [0, 0.1) is 0 Å². The molecule has 1 aromatic heterocycles. The Morgan fingerprint density at radius 3 is 3.12 bits per heavy atom. The summed E-state index contributed by atoms with van der Waals surface area (Å²) in [4.78, 5) is 23.6. The summed E-state index contributed by atoms with van der Waals surface area (Å²) in [6, 6.07) is 10.1. The number of hydrogen-bond donors (Lipinski definition) is 1. The van der Waals surface area contributed by atoms with Gasteiger partial charge in [-0.25, -0.2) is 4.99 Å². The topological polar surface area (TPSA) is 57.6 Å². The van der Waals surface area contributed by atoms with Crippen LogP contribution in [0.2, 0.25) is 0 Å². The highest BCUT2D eigenvalue weighted by atomic mass is 32.2. The van der Waals surface area contributed by atoms with Gasteiger partial charge in [0.15, 0.2) is 5.17 Å². The largest absolute Gasteiger partial charge is 0.374 e. The van der Waals surface area contributed by atoms with Crippen LogP contribution in [0.3, 0.4) is 0 Å². The summed E-state index contributed by atoms with van der Waals surface area (Å²) in [7, 11) is 2.12. The van der Waals surface area contributed by atoms with Crippen LogP contribution in [0.1, 0.15) is 17.5 Å². The van der Waals surface area contributed by atoms with Gasteiger partial charge in [0.2, 0.25) is 0 Å². The van der Waals surface area contributed by atoms with E-state index in [1.54, 1.807) is 12.4 Å². The standard InChI is InChI=1S/C19H18N4OS/c1-23-9-3-4-14-10-13(6-7-16(14)23)11-17-18(24)22-19(25-17)21-15-5-2-8-20-12-15/h2,5-8,10-12H,3-4,9H2,1H3,(H,21,22,24).